The van der Waals surface area contributed by atoms with Crippen molar-refractivity contribution >= 4 is 36.8 Å². The monoisotopic (exact) mass is 692 g/mol. The van der Waals surface area contributed by atoms with E-state index in [-0.39, 0.29) is 19.8 Å². The number of amides is 4. The molecule has 4 N–H and O–H groups in total. The highest BCUT2D eigenvalue weighted by molar-refractivity contribution is 5.84. The normalized spacial score (nSPS) is 10.9. The average molecular weight is 693 g/mol. The Bertz CT molecular complexity index is 1090. The molecule has 0 aromatic heterocycles. The SMILES string of the molecule is CCCOCCOC(=O)NCCCCCCNC(=O)OCCN=Cc1ccc(C=NCCOC(=O)NCCCCCCNC(=O)OC)cc1. The molecule has 49 heavy (non-hydrogen) atoms. The van der Waals surface area contributed by atoms with E-state index in [1.165, 1.54) is 7.11 Å². The highest BCUT2D eigenvalue weighted by Gasteiger charge is 2.03. The van der Waals surface area contributed by atoms with E-state index in [9.17, 15) is 19.2 Å². The average Bonchev–Trinajstić information content (AvgIpc) is 3.10. The Kier molecular flexibility index (Phi) is 26.9. The van der Waals surface area contributed by atoms with Crippen molar-refractivity contribution < 1.29 is 42.9 Å². The van der Waals surface area contributed by atoms with Crippen LogP contribution in [0.2, 0.25) is 0 Å². The summed E-state index contributed by atoms with van der Waals surface area (Å²) in [6.45, 7) is 6.58. The van der Waals surface area contributed by atoms with Gasteiger partial charge in [-0.05, 0) is 43.2 Å². The third-order valence-electron chi connectivity index (χ3n) is 6.60. The smallest absolute Gasteiger partial charge is 0.407 e. The van der Waals surface area contributed by atoms with Crippen molar-refractivity contribution in [3.05, 3.63) is 35.4 Å². The second-order valence-corrected chi connectivity index (χ2v) is 10.8. The standard InChI is InChI=1S/C34H56N6O9/c1-3-22-46-25-26-49-34(44)40-19-11-7-6-10-18-39-33(43)48-24-21-36-28-30-14-12-29(13-15-30)27-35-20-23-47-32(42)38-17-9-5-4-8-16-37-31(41)45-2/h12-15,27-28H,3-11,16-26H2,1-2H3,(H,37,41)(H,38,42)(H,39,43)(H,40,44). The van der Waals surface area contributed by atoms with Gasteiger partial charge in [0.2, 0.25) is 0 Å². The van der Waals surface area contributed by atoms with E-state index >= 15 is 0 Å². The minimum Gasteiger partial charge on any atom is -0.453 e. The maximum atomic E-state index is 11.8. The van der Waals surface area contributed by atoms with E-state index in [0.717, 1.165) is 68.9 Å². The Hall–Kier alpha value is -4.40. The number of hydrogen-bond acceptors (Lipinski definition) is 11. The molecule has 4 amide bonds. The van der Waals surface area contributed by atoms with E-state index in [2.05, 4.69) is 36.0 Å². The molecule has 0 bridgehead atoms. The Morgan fingerprint density at radius 1 is 0.551 bits per heavy atom. The summed E-state index contributed by atoms with van der Waals surface area (Å²) in [5, 5.41) is 10.8. The van der Waals surface area contributed by atoms with Gasteiger partial charge in [0.05, 0.1) is 26.8 Å². The number of hydrogen-bond donors (Lipinski definition) is 4. The minimum atomic E-state index is -0.466. The lowest BCUT2D eigenvalue weighted by molar-refractivity contribution is 0.0731. The lowest BCUT2D eigenvalue weighted by Gasteiger charge is -2.08. The number of carbonyl (C=O) groups is 4. The van der Waals surface area contributed by atoms with E-state index in [1.54, 1.807) is 12.4 Å². The van der Waals surface area contributed by atoms with E-state index in [0.29, 0.717) is 52.5 Å². The number of ether oxygens (including phenoxy) is 5. The first kappa shape index (κ1) is 42.6. The van der Waals surface area contributed by atoms with Gasteiger partial charge >= 0.3 is 24.4 Å². The van der Waals surface area contributed by atoms with Gasteiger partial charge in [-0.1, -0.05) is 56.9 Å². The summed E-state index contributed by atoms with van der Waals surface area (Å²) in [5.41, 5.74) is 1.81. The van der Waals surface area contributed by atoms with E-state index < -0.39 is 24.4 Å². The zero-order chi connectivity index (χ0) is 35.6. The summed E-state index contributed by atoms with van der Waals surface area (Å²) in [7, 11) is 1.33. The molecule has 15 nitrogen and oxygen atoms in total. The van der Waals surface area contributed by atoms with Crippen molar-refractivity contribution in [3.8, 4) is 0 Å². The van der Waals surface area contributed by atoms with Gasteiger partial charge in [0.1, 0.15) is 19.8 Å². The van der Waals surface area contributed by atoms with Crippen molar-refractivity contribution in [2.24, 2.45) is 9.98 Å². The first-order valence-electron chi connectivity index (χ1n) is 17.2. The maximum absolute atomic E-state index is 11.8. The lowest BCUT2D eigenvalue weighted by atomic mass is 10.1. The second-order valence-electron chi connectivity index (χ2n) is 10.8. The Morgan fingerprint density at radius 2 is 0.939 bits per heavy atom. The number of unbranched alkanes of at least 4 members (excludes halogenated alkanes) is 6. The van der Waals surface area contributed by atoms with Crippen LogP contribution in [0.3, 0.4) is 0 Å². The molecule has 0 saturated heterocycles. The first-order valence-corrected chi connectivity index (χ1v) is 17.2. The Labute approximate surface area is 290 Å². The predicted octanol–water partition coefficient (Wildman–Crippen LogP) is 4.61. The zero-order valence-corrected chi connectivity index (χ0v) is 29.2. The molecule has 0 aliphatic heterocycles. The number of nitrogens with zero attached hydrogens (tertiary/aromatic N) is 2. The summed E-state index contributed by atoms with van der Waals surface area (Å²) in [4.78, 5) is 54.7. The van der Waals surface area contributed by atoms with E-state index in [4.69, 9.17) is 18.9 Å². The van der Waals surface area contributed by atoms with Crippen LogP contribution in [-0.4, -0.2) is 116 Å². The van der Waals surface area contributed by atoms with Gasteiger partial charge in [-0.15, -0.1) is 0 Å². The molecule has 0 radical (unpaired) electrons. The molecule has 0 aliphatic carbocycles. The summed E-state index contributed by atoms with van der Waals surface area (Å²) in [6.07, 6.45) is 9.66. The van der Waals surface area contributed by atoms with Crippen molar-refractivity contribution in [1.82, 2.24) is 21.3 Å². The molecule has 0 aliphatic rings. The molecule has 0 atom stereocenters. The van der Waals surface area contributed by atoms with Gasteiger partial charge in [0.25, 0.3) is 0 Å². The summed E-state index contributed by atoms with van der Waals surface area (Å²) in [6, 6.07) is 7.63. The highest BCUT2D eigenvalue weighted by Crippen LogP contribution is 2.02. The van der Waals surface area contributed by atoms with Crippen molar-refractivity contribution in [2.75, 3.05) is 79.4 Å². The second kappa shape index (κ2) is 30.9. The molecule has 1 aromatic rings. The molecule has 0 heterocycles. The zero-order valence-electron chi connectivity index (χ0n) is 29.2. The number of carbonyl (C=O) groups excluding carboxylic acids is 4. The fraction of sp³-hybridized carbons (Fsp3) is 0.647. The first-order chi connectivity index (χ1) is 23.9. The molecule has 15 heteroatoms. The molecule has 0 spiro atoms. The van der Waals surface area contributed by atoms with Crippen LogP contribution in [0, 0.1) is 0 Å². The number of methoxy groups -OCH3 is 1. The summed E-state index contributed by atoms with van der Waals surface area (Å²) < 4.78 is 25.0. The fourth-order valence-corrected chi connectivity index (χ4v) is 4.02. The van der Waals surface area contributed by atoms with Gasteiger partial charge in [0.15, 0.2) is 0 Å². The van der Waals surface area contributed by atoms with Crippen LogP contribution < -0.4 is 21.3 Å². The minimum absolute atomic E-state index is 0.178. The molecule has 0 fully saturated rings. The van der Waals surface area contributed by atoms with Gasteiger partial charge in [-0.3, -0.25) is 9.98 Å². The lowest BCUT2D eigenvalue weighted by Crippen LogP contribution is -2.27. The highest BCUT2D eigenvalue weighted by atomic mass is 16.6. The molecule has 0 saturated carbocycles. The van der Waals surface area contributed by atoms with E-state index in [1.807, 2.05) is 31.2 Å². The van der Waals surface area contributed by atoms with Crippen LogP contribution in [0.1, 0.15) is 75.8 Å². The molecule has 0 unspecified atom stereocenters. The number of benzene rings is 1. The van der Waals surface area contributed by atoms with Crippen molar-refractivity contribution in [3.63, 3.8) is 0 Å². The third-order valence-corrected chi connectivity index (χ3v) is 6.60. The largest absolute Gasteiger partial charge is 0.453 e. The van der Waals surface area contributed by atoms with Crippen LogP contribution >= 0.6 is 0 Å². The molecule has 276 valence electrons. The van der Waals surface area contributed by atoms with Crippen LogP contribution in [0.5, 0.6) is 0 Å². The van der Waals surface area contributed by atoms with Gasteiger partial charge in [-0.2, -0.15) is 0 Å². The molecular formula is C34H56N6O9. The van der Waals surface area contributed by atoms with Crippen molar-refractivity contribution in [2.45, 2.75) is 64.7 Å². The van der Waals surface area contributed by atoms with Crippen LogP contribution in [0.25, 0.3) is 0 Å². The number of aliphatic imine (C=N–C) groups is 2. The van der Waals surface area contributed by atoms with Crippen LogP contribution in [-0.2, 0) is 23.7 Å². The number of rotatable bonds is 27. The molecule has 1 aromatic carbocycles. The third kappa shape index (κ3) is 27.3. The van der Waals surface area contributed by atoms with Gasteiger partial charge in [0, 0.05) is 45.2 Å². The van der Waals surface area contributed by atoms with Crippen LogP contribution in [0.4, 0.5) is 19.2 Å². The number of alkyl carbamates (subject to hydrolysis) is 4. The van der Waals surface area contributed by atoms with Gasteiger partial charge in [-0.25, -0.2) is 19.2 Å². The number of nitrogens with one attached hydrogen (secondary N) is 4. The molecular weight excluding hydrogens is 636 g/mol. The maximum Gasteiger partial charge on any atom is 0.407 e. The summed E-state index contributed by atoms with van der Waals surface area (Å²) in [5.74, 6) is 0. The van der Waals surface area contributed by atoms with Crippen LogP contribution in [0.15, 0.2) is 34.3 Å². The Balaban J connectivity index is 1.99. The van der Waals surface area contributed by atoms with Gasteiger partial charge < -0.3 is 45.0 Å². The quantitative estimate of drug-likeness (QED) is 0.0580. The Morgan fingerprint density at radius 3 is 1.33 bits per heavy atom. The fourth-order valence-electron chi connectivity index (χ4n) is 4.02. The summed E-state index contributed by atoms with van der Waals surface area (Å²) >= 11 is 0. The van der Waals surface area contributed by atoms with Crippen molar-refractivity contribution in [1.29, 1.82) is 0 Å². The molecule has 1 rings (SSSR count). The predicted molar refractivity (Wildman–Crippen MR) is 188 cm³/mol. The topological polar surface area (TPSA) is 187 Å².